The Morgan fingerprint density at radius 3 is 2.60 bits per heavy atom. The fourth-order valence-electron chi connectivity index (χ4n) is 3.35. The Morgan fingerprint density at radius 2 is 1.85 bits per heavy atom. The molecule has 4 atom stereocenters. The summed E-state index contributed by atoms with van der Waals surface area (Å²) >= 11 is 0. The maximum absolute atomic E-state index is 10.4. The van der Waals surface area contributed by atoms with E-state index in [1.165, 1.54) is 51.4 Å². The summed E-state index contributed by atoms with van der Waals surface area (Å²) in [5.74, 6) is 1.17. The number of unbranched alkanes of at least 4 members (excludes halogenated alkanes) is 4. The van der Waals surface area contributed by atoms with Crippen LogP contribution in [0.5, 0.6) is 0 Å². The molecule has 0 aromatic rings. The highest BCUT2D eigenvalue weighted by Crippen LogP contribution is 2.49. The first-order valence-corrected chi connectivity index (χ1v) is 8.58. The van der Waals surface area contributed by atoms with E-state index in [4.69, 9.17) is 9.84 Å². The van der Waals surface area contributed by atoms with Crippen LogP contribution in [0.3, 0.4) is 0 Å². The number of hydrogen-bond acceptors (Lipinski definition) is 2. The first kappa shape index (κ1) is 15.8. The lowest BCUT2D eigenvalue weighted by Crippen LogP contribution is -1.97. The number of ether oxygens (including phenoxy) is 1. The molecule has 3 heteroatoms. The van der Waals surface area contributed by atoms with E-state index in [0.717, 1.165) is 24.7 Å². The van der Waals surface area contributed by atoms with E-state index >= 15 is 0 Å². The van der Waals surface area contributed by atoms with Gasteiger partial charge in [-0.05, 0) is 37.5 Å². The van der Waals surface area contributed by atoms with Crippen molar-refractivity contribution in [1.29, 1.82) is 0 Å². The van der Waals surface area contributed by atoms with Crippen LogP contribution < -0.4 is 0 Å². The third-order valence-corrected chi connectivity index (χ3v) is 4.85. The molecule has 1 saturated heterocycles. The summed E-state index contributed by atoms with van der Waals surface area (Å²) in [6.45, 7) is 2.25. The van der Waals surface area contributed by atoms with Crippen molar-refractivity contribution < 1.29 is 14.6 Å². The first-order chi connectivity index (χ1) is 9.70. The molecule has 116 valence electrons. The monoisotopic (exact) mass is 282 g/mol. The lowest BCUT2D eigenvalue weighted by Gasteiger charge is -1.99. The summed E-state index contributed by atoms with van der Waals surface area (Å²) in [4.78, 5) is 10.4. The third-order valence-electron chi connectivity index (χ3n) is 4.85. The van der Waals surface area contributed by atoms with E-state index in [2.05, 4.69) is 6.92 Å². The summed E-state index contributed by atoms with van der Waals surface area (Å²) in [6.07, 6.45) is 13.8. The Morgan fingerprint density at radius 1 is 1.05 bits per heavy atom. The number of aliphatic carboxylic acids is 1. The van der Waals surface area contributed by atoms with Crippen LogP contribution in [0.25, 0.3) is 0 Å². The molecular weight excluding hydrogens is 252 g/mol. The van der Waals surface area contributed by atoms with Gasteiger partial charge >= 0.3 is 5.97 Å². The molecule has 0 bridgehead atoms. The molecule has 0 aromatic carbocycles. The molecule has 0 aromatic heterocycles. The van der Waals surface area contributed by atoms with Crippen LogP contribution in [0.2, 0.25) is 0 Å². The second-order valence-electron chi connectivity index (χ2n) is 6.69. The molecule has 1 saturated carbocycles. The van der Waals surface area contributed by atoms with Crippen LogP contribution in [0.1, 0.15) is 77.6 Å². The number of hydrogen-bond donors (Lipinski definition) is 1. The number of epoxide rings is 1. The molecule has 0 radical (unpaired) electrons. The minimum atomic E-state index is -0.658. The zero-order valence-electron chi connectivity index (χ0n) is 12.9. The Balaban J connectivity index is 1.41. The normalized spacial score (nSPS) is 31.2. The van der Waals surface area contributed by atoms with Gasteiger partial charge in [-0.2, -0.15) is 0 Å². The standard InChI is InChI=1S/C17H30O3/c1-2-3-5-9-15-16(20-15)12-14-11-13(14)8-6-4-7-10-17(18)19/h13-16H,2-12H2,1H3,(H,18,19). The predicted octanol–water partition coefficient (Wildman–Crippen LogP) is 4.40. The molecule has 0 amide bonds. The van der Waals surface area contributed by atoms with Gasteiger partial charge in [0.05, 0.1) is 12.2 Å². The number of carbonyl (C=O) groups is 1. The molecule has 1 heterocycles. The van der Waals surface area contributed by atoms with Crippen molar-refractivity contribution >= 4 is 5.97 Å². The molecule has 2 aliphatic rings. The highest BCUT2D eigenvalue weighted by Gasteiger charge is 2.45. The average molecular weight is 282 g/mol. The second-order valence-corrected chi connectivity index (χ2v) is 6.69. The lowest BCUT2D eigenvalue weighted by atomic mass is 10.0. The van der Waals surface area contributed by atoms with Crippen molar-refractivity contribution in [3.63, 3.8) is 0 Å². The van der Waals surface area contributed by atoms with Crippen LogP contribution in [-0.4, -0.2) is 23.3 Å². The van der Waals surface area contributed by atoms with Crippen LogP contribution in [0.4, 0.5) is 0 Å². The van der Waals surface area contributed by atoms with E-state index < -0.39 is 5.97 Å². The third kappa shape index (κ3) is 5.82. The van der Waals surface area contributed by atoms with Crippen molar-refractivity contribution in [1.82, 2.24) is 0 Å². The van der Waals surface area contributed by atoms with Gasteiger partial charge in [-0.1, -0.05) is 45.4 Å². The van der Waals surface area contributed by atoms with Crippen LogP contribution in [0.15, 0.2) is 0 Å². The van der Waals surface area contributed by atoms with Crippen molar-refractivity contribution in [3.05, 3.63) is 0 Å². The zero-order chi connectivity index (χ0) is 14.4. The minimum Gasteiger partial charge on any atom is -0.481 e. The SMILES string of the molecule is CCCCCC1OC1CC1CC1CCCCCC(=O)O. The first-order valence-electron chi connectivity index (χ1n) is 8.58. The summed E-state index contributed by atoms with van der Waals surface area (Å²) in [5.41, 5.74) is 0. The molecule has 2 rings (SSSR count). The smallest absolute Gasteiger partial charge is 0.303 e. The fraction of sp³-hybridized carbons (Fsp3) is 0.941. The van der Waals surface area contributed by atoms with E-state index in [0.29, 0.717) is 18.6 Å². The largest absolute Gasteiger partial charge is 0.481 e. The molecule has 1 N–H and O–H groups in total. The Bertz CT molecular complexity index is 303. The van der Waals surface area contributed by atoms with Crippen molar-refractivity contribution in [2.75, 3.05) is 0 Å². The van der Waals surface area contributed by atoms with Crippen molar-refractivity contribution in [2.45, 2.75) is 89.8 Å². The molecule has 4 unspecified atom stereocenters. The van der Waals surface area contributed by atoms with Gasteiger partial charge in [0.1, 0.15) is 0 Å². The highest BCUT2D eigenvalue weighted by atomic mass is 16.6. The quantitative estimate of drug-likeness (QED) is 0.426. The van der Waals surface area contributed by atoms with Gasteiger partial charge in [0.15, 0.2) is 0 Å². The van der Waals surface area contributed by atoms with Crippen LogP contribution >= 0.6 is 0 Å². The summed E-state index contributed by atoms with van der Waals surface area (Å²) in [6, 6.07) is 0. The van der Waals surface area contributed by atoms with Gasteiger partial charge < -0.3 is 9.84 Å². The molecule has 1 aliphatic carbocycles. The van der Waals surface area contributed by atoms with Gasteiger partial charge in [0.2, 0.25) is 0 Å². The summed E-state index contributed by atoms with van der Waals surface area (Å²) < 4.78 is 5.77. The van der Waals surface area contributed by atoms with Crippen molar-refractivity contribution in [3.8, 4) is 0 Å². The van der Waals surface area contributed by atoms with Gasteiger partial charge in [-0.3, -0.25) is 4.79 Å². The Kier molecular flexibility index (Phi) is 6.34. The number of carboxylic acids is 1. The van der Waals surface area contributed by atoms with Gasteiger partial charge in [-0.25, -0.2) is 0 Å². The minimum absolute atomic E-state index is 0.337. The zero-order valence-corrected chi connectivity index (χ0v) is 12.9. The summed E-state index contributed by atoms with van der Waals surface area (Å²) in [5, 5.41) is 8.57. The Hall–Kier alpha value is -0.570. The fourth-order valence-corrected chi connectivity index (χ4v) is 3.35. The van der Waals surface area contributed by atoms with E-state index in [1.807, 2.05) is 0 Å². The van der Waals surface area contributed by atoms with Gasteiger partial charge in [0, 0.05) is 6.42 Å². The average Bonchev–Trinajstić information content (AvgIpc) is 3.30. The molecule has 1 aliphatic heterocycles. The molecular formula is C17H30O3. The Labute approximate surface area is 123 Å². The number of rotatable bonds is 12. The topological polar surface area (TPSA) is 49.8 Å². The second kappa shape index (κ2) is 8.02. The van der Waals surface area contributed by atoms with E-state index in [1.54, 1.807) is 0 Å². The molecule has 3 nitrogen and oxygen atoms in total. The van der Waals surface area contributed by atoms with E-state index in [9.17, 15) is 4.79 Å². The number of carboxylic acid groups (broad SMARTS) is 1. The molecule has 2 fully saturated rings. The maximum atomic E-state index is 10.4. The van der Waals surface area contributed by atoms with Gasteiger partial charge in [0.25, 0.3) is 0 Å². The maximum Gasteiger partial charge on any atom is 0.303 e. The summed E-state index contributed by atoms with van der Waals surface area (Å²) in [7, 11) is 0. The molecule has 20 heavy (non-hydrogen) atoms. The van der Waals surface area contributed by atoms with Crippen LogP contribution in [-0.2, 0) is 9.53 Å². The van der Waals surface area contributed by atoms with Crippen LogP contribution in [0, 0.1) is 11.8 Å². The molecule has 0 spiro atoms. The lowest BCUT2D eigenvalue weighted by molar-refractivity contribution is -0.137. The van der Waals surface area contributed by atoms with Crippen molar-refractivity contribution in [2.24, 2.45) is 11.8 Å². The van der Waals surface area contributed by atoms with Gasteiger partial charge in [-0.15, -0.1) is 0 Å². The van der Waals surface area contributed by atoms with E-state index in [-0.39, 0.29) is 0 Å². The highest BCUT2D eigenvalue weighted by molar-refractivity contribution is 5.66. The predicted molar refractivity (Wildman–Crippen MR) is 79.7 cm³/mol.